The zero-order valence-electron chi connectivity index (χ0n) is 14.9. The molecule has 0 aromatic carbocycles. The van der Waals surface area contributed by atoms with Crippen LogP contribution in [0.15, 0.2) is 40.5 Å². The number of aliphatic hydroxyl groups is 1. The van der Waals surface area contributed by atoms with Crippen LogP contribution in [-0.4, -0.2) is 33.5 Å². The minimum absolute atomic E-state index is 0.0549. The first kappa shape index (κ1) is 18.8. The summed E-state index contributed by atoms with van der Waals surface area (Å²) in [5.74, 6) is 0.0549. The number of hydrogen-bond acceptors (Lipinski definition) is 6. The summed E-state index contributed by atoms with van der Waals surface area (Å²) in [6, 6.07) is 6.03. The van der Waals surface area contributed by atoms with Crippen molar-refractivity contribution in [2.75, 3.05) is 6.54 Å². The van der Waals surface area contributed by atoms with Gasteiger partial charge in [-0.2, -0.15) is 11.3 Å². The summed E-state index contributed by atoms with van der Waals surface area (Å²) in [7, 11) is 0. The number of amides is 1. The lowest BCUT2D eigenvalue weighted by molar-refractivity contribution is 0.0596. The first-order chi connectivity index (χ1) is 13.2. The van der Waals surface area contributed by atoms with E-state index in [4.69, 9.17) is 0 Å². The molecule has 1 saturated heterocycles. The van der Waals surface area contributed by atoms with E-state index in [1.807, 2.05) is 33.9 Å². The van der Waals surface area contributed by atoms with Gasteiger partial charge in [-0.1, -0.05) is 18.9 Å². The van der Waals surface area contributed by atoms with Gasteiger partial charge in [0, 0.05) is 28.4 Å². The summed E-state index contributed by atoms with van der Waals surface area (Å²) >= 11 is 4.67. The number of nitrogens with zero attached hydrogens (tertiary/aromatic N) is 2. The third kappa shape index (κ3) is 4.32. The maximum atomic E-state index is 13.2. The average molecular weight is 419 g/mol. The lowest BCUT2D eigenvalue weighted by Gasteiger charge is -2.31. The molecular weight excluding hydrogens is 396 g/mol. The third-order valence-corrected chi connectivity index (χ3v) is 7.68. The van der Waals surface area contributed by atoms with Crippen molar-refractivity contribution >= 4 is 39.9 Å². The number of aliphatic hydroxyl groups excluding tert-OH is 1. The Morgan fingerprint density at radius 2 is 2.22 bits per heavy atom. The van der Waals surface area contributed by atoms with Crippen LogP contribution in [0.2, 0.25) is 0 Å². The van der Waals surface area contributed by atoms with Crippen molar-refractivity contribution in [3.63, 3.8) is 0 Å². The van der Waals surface area contributed by atoms with E-state index in [0.717, 1.165) is 47.7 Å². The SMILES string of the molecule is O=C(c1cnc(-c2ccsc2)s1)N1CCCCC[C@@H]1C[C@H](O)c1cccs1. The summed E-state index contributed by atoms with van der Waals surface area (Å²) in [5, 5.41) is 17.6. The number of likely N-dealkylation sites (tertiary alicyclic amines) is 1. The zero-order chi connectivity index (χ0) is 18.6. The summed E-state index contributed by atoms with van der Waals surface area (Å²) in [6.45, 7) is 0.756. The minimum atomic E-state index is -0.508. The summed E-state index contributed by atoms with van der Waals surface area (Å²) in [4.78, 5) is 21.3. The molecule has 3 aromatic heterocycles. The molecular formula is C20H22N2O2S3. The summed E-state index contributed by atoms with van der Waals surface area (Å²) < 4.78 is 0. The van der Waals surface area contributed by atoms with Crippen molar-refractivity contribution in [2.24, 2.45) is 0 Å². The number of thiophene rings is 2. The normalized spacial score (nSPS) is 19.0. The molecule has 3 aromatic rings. The Morgan fingerprint density at radius 3 is 3.00 bits per heavy atom. The van der Waals surface area contributed by atoms with E-state index in [1.54, 1.807) is 28.9 Å². The van der Waals surface area contributed by atoms with Crippen LogP contribution in [0.5, 0.6) is 0 Å². The molecule has 0 saturated carbocycles. The first-order valence-corrected chi connectivity index (χ1v) is 11.9. The number of thiazole rings is 1. The highest BCUT2D eigenvalue weighted by molar-refractivity contribution is 7.17. The average Bonchev–Trinajstić information content (AvgIpc) is 3.42. The highest BCUT2D eigenvalue weighted by Crippen LogP contribution is 2.32. The van der Waals surface area contributed by atoms with Crippen molar-refractivity contribution in [3.8, 4) is 10.6 Å². The standard InChI is InChI=1S/C20H22N2O2S3/c23-16(17-6-4-9-26-17)11-15-5-2-1-3-8-22(15)20(24)18-12-21-19(27-18)14-7-10-25-13-14/h4,6-7,9-10,12-13,15-16,23H,1-3,5,8,11H2/t15-,16+/m1/s1. The molecule has 0 aliphatic carbocycles. The second-order valence-electron chi connectivity index (χ2n) is 6.81. The van der Waals surface area contributed by atoms with Crippen LogP contribution in [0.4, 0.5) is 0 Å². The Balaban J connectivity index is 1.52. The molecule has 2 atom stereocenters. The lowest BCUT2D eigenvalue weighted by atomic mass is 10.0. The second-order valence-corrected chi connectivity index (χ2v) is 9.60. The van der Waals surface area contributed by atoms with E-state index in [-0.39, 0.29) is 11.9 Å². The number of hydrogen-bond donors (Lipinski definition) is 1. The van der Waals surface area contributed by atoms with Gasteiger partial charge in [-0.3, -0.25) is 4.79 Å². The van der Waals surface area contributed by atoms with E-state index < -0.39 is 6.10 Å². The van der Waals surface area contributed by atoms with Gasteiger partial charge in [0.15, 0.2) is 0 Å². The molecule has 0 bridgehead atoms. The molecule has 7 heteroatoms. The Labute approximate surface area is 171 Å². The van der Waals surface area contributed by atoms with Gasteiger partial charge in [0.1, 0.15) is 9.88 Å². The topological polar surface area (TPSA) is 53.4 Å². The van der Waals surface area contributed by atoms with Crippen molar-refractivity contribution in [3.05, 3.63) is 50.3 Å². The molecule has 1 fully saturated rings. The van der Waals surface area contributed by atoms with Gasteiger partial charge in [0.25, 0.3) is 5.91 Å². The van der Waals surface area contributed by atoms with E-state index in [1.165, 1.54) is 11.3 Å². The molecule has 1 aliphatic heterocycles. The Hall–Kier alpha value is -1.54. The molecule has 1 N–H and O–H groups in total. The van der Waals surface area contributed by atoms with Gasteiger partial charge in [-0.25, -0.2) is 4.98 Å². The van der Waals surface area contributed by atoms with E-state index in [9.17, 15) is 9.90 Å². The summed E-state index contributed by atoms with van der Waals surface area (Å²) in [6.07, 6.45) is 6.01. The fraction of sp³-hybridized carbons (Fsp3) is 0.400. The molecule has 1 aliphatic rings. The highest BCUT2D eigenvalue weighted by Gasteiger charge is 2.29. The monoisotopic (exact) mass is 418 g/mol. The van der Waals surface area contributed by atoms with Crippen molar-refractivity contribution < 1.29 is 9.90 Å². The van der Waals surface area contributed by atoms with Crippen LogP contribution in [0.1, 0.15) is 52.8 Å². The van der Waals surface area contributed by atoms with Crippen LogP contribution in [0, 0.1) is 0 Å². The Morgan fingerprint density at radius 1 is 1.30 bits per heavy atom. The van der Waals surface area contributed by atoms with Crippen LogP contribution in [-0.2, 0) is 0 Å². The van der Waals surface area contributed by atoms with Gasteiger partial charge >= 0.3 is 0 Å². The molecule has 27 heavy (non-hydrogen) atoms. The van der Waals surface area contributed by atoms with Crippen molar-refractivity contribution in [2.45, 2.75) is 44.2 Å². The predicted octanol–water partition coefficient (Wildman–Crippen LogP) is 5.44. The maximum absolute atomic E-state index is 13.2. The van der Waals surface area contributed by atoms with E-state index in [2.05, 4.69) is 10.4 Å². The van der Waals surface area contributed by atoms with Crippen LogP contribution < -0.4 is 0 Å². The maximum Gasteiger partial charge on any atom is 0.265 e. The van der Waals surface area contributed by atoms with Gasteiger partial charge in [-0.15, -0.1) is 22.7 Å². The van der Waals surface area contributed by atoms with Gasteiger partial charge in [0.2, 0.25) is 0 Å². The molecule has 4 rings (SSSR count). The van der Waals surface area contributed by atoms with Crippen molar-refractivity contribution in [1.29, 1.82) is 0 Å². The van der Waals surface area contributed by atoms with Gasteiger partial charge in [0.05, 0.1) is 12.3 Å². The molecule has 0 spiro atoms. The van der Waals surface area contributed by atoms with Crippen molar-refractivity contribution in [1.82, 2.24) is 9.88 Å². The van der Waals surface area contributed by atoms with Gasteiger partial charge in [-0.05, 0) is 42.2 Å². The number of carbonyl (C=O) groups excluding carboxylic acids is 1. The van der Waals surface area contributed by atoms with Crippen LogP contribution in [0.3, 0.4) is 0 Å². The molecule has 1 amide bonds. The van der Waals surface area contributed by atoms with Crippen LogP contribution >= 0.6 is 34.0 Å². The number of carbonyl (C=O) groups is 1. The third-order valence-electron chi connectivity index (χ3n) is 4.99. The number of rotatable bonds is 5. The number of aromatic nitrogens is 1. The smallest absolute Gasteiger partial charge is 0.265 e. The fourth-order valence-corrected chi connectivity index (χ4v) is 5.89. The lowest BCUT2D eigenvalue weighted by Crippen LogP contribution is -2.40. The van der Waals surface area contributed by atoms with E-state index >= 15 is 0 Å². The second kappa shape index (κ2) is 8.65. The van der Waals surface area contributed by atoms with Gasteiger partial charge < -0.3 is 10.0 Å². The molecule has 0 unspecified atom stereocenters. The Bertz CT molecular complexity index is 858. The quantitative estimate of drug-likeness (QED) is 0.600. The molecule has 0 radical (unpaired) electrons. The fourth-order valence-electron chi connectivity index (χ4n) is 3.58. The molecule has 4 nitrogen and oxygen atoms in total. The largest absolute Gasteiger partial charge is 0.387 e. The highest BCUT2D eigenvalue weighted by atomic mass is 32.1. The molecule has 4 heterocycles. The predicted molar refractivity (Wildman–Crippen MR) is 113 cm³/mol. The summed E-state index contributed by atoms with van der Waals surface area (Å²) in [5.41, 5.74) is 1.07. The Kier molecular flexibility index (Phi) is 6.02. The zero-order valence-corrected chi connectivity index (χ0v) is 17.4. The molecule has 142 valence electrons. The van der Waals surface area contributed by atoms with Crippen LogP contribution in [0.25, 0.3) is 10.6 Å². The van der Waals surface area contributed by atoms with E-state index in [0.29, 0.717) is 11.3 Å². The first-order valence-electron chi connectivity index (χ1n) is 9.23. The minimum Gasteiger partial charge on any atom is -0.387 e.